The maximum Gasteiger partial charge on any atom is 0.328 e. The third kappa shape index (κ3) is 7.87. The molecule has 1 saturated heterocycles. The summed E-state index contributed by atoms with van der Waals surface area (Å²) < 4.78 is 60.1. The minimum atomic E-state index is -1.32. The summed E-state index contributed by atoms with van der Waals surface area (Å²) in [7, 11) is 1.27. The number of halogens is 4. The van der Waals surface area contributed by atoms with Crippen LogP contribution in [-0.2, 0) is 32.1 Å². The van der Waals surface area contributed by atoms with Gasteiger partial charge in [-0.25, -0.2) is 22.4 Å². The van der Waals surface area contributed by atoms with Crippen molar-refractivity contribution in [2.24, 2.45) is 11.7 Å². The zero-order valence-electron chi connectivity index (χ0n) is 22.3. The second-order valence-corrected chi connectivity index (χ2v) is 10.9. The molecule has 4 N–H and O–H groups in total. The van der Waals surface area contributed by atoms with Crippen LogP contribution in [0.5, 0.6) is 0 Å². The lowest BCUT2D eigenvalue weighted by Crippen LogP contribution is -2.46. The largest absolute Gasteiger partial charge is 0.467 e. The Bertz CT molecular complexity index is 1250. The number of amides is 2. The van der Waals surface area contributed by atoms with Crippen molar-refractivity contribution in [1.29, 1.82) is 0 Å². The van der Waals surface area contributed by atoms with Crippen molar-refractivity contribution >= 4 is 35.2 Å². The highest BCUT2D eigenvalue weighted by atomic mass is 32.2. The smallest absolute Gasteiger partial charge is 0.328 e. The van der Waals surface area contributed by atoms with Gasteiger partial charge in [0.2, 0.25) is 5.91 Å². The monoisotopic (exact) mass is 584 g/mol. The van der Waals surface area contributed by atoms with Crippen LogP contribution in [0.15, 0.2) is 30.3 Å². The first-order valence-corrected chi connectivity index (χ1v) is 13.7. The molecule has 3 rings (SSSR count). The molecule has 3 atom stereocenters. The Hall–Kier alpha value is -3.32. The Kier molecular flexibility index (Phi) is 10.8. The van der Waals surface area contributed by atoms with Crippen LogP contribution in [-0.4, -0.2) is 59.5 Å². The summed E-state index contributed by atoms with van der Waals surface area (Å²) in [4.78, 5) is 39.0. The van der Waals surface area contributed by atoms with E-state index in [4.69, 9.17) is 10.5 Å². The first-order chi connectivity index (χ1) is 18.9. The third-order valence-electron chi connectivity index (χ3n) is 6.39. The Morgan fingerprint density at radius 3 is 2.38 bits per heavy atom. The number of esters is 1. The highest BCUT2D eigenvalue weighted by Gasteiger charge is 2.35. The number of nitrogens with one attached hydrogen (secondary N) is 2. The number of anilines is 1. The van der Waals surface area contributed by atoms with Crippen molar-refractivity contribution in [1.82, 2.24) is 10.2 Å². The van der Waals surface area contributed by atoms with Gasteiger partial charge in [0.15, 0.2) is 17.0 Å². The summed E-state index contributed by atoms with van der Waals surface area (Å²) >= 11 is 1.23. The first-order valence-electron chi connectivity index (χ1n) is 12.6. The van der Waals surface area contributed by atoms with E-state index in [1.54, 1.807) is 6.07 Å². The van der Waals surface area contributed by atoms with Gasteiger partial charge in [-0.3, -0.25) is 9.59 Å². The maximum atomic E-state index is 14.8. The lowest BCUT2D eigenvalue weighted by Gasteiger charge is -2.24. The van der Waals surface area contributed by atoms with E-state index >= 15 is 0 Å². The Balaban J connectivity index is 1.56. The minimum Gasteiger partial charge on any atom is -0.467 e. The summed E-state index contributed by atoms with van der Waals surface area (Å²) in [5.74, 6) is -5.14. The van der Waals surface area contributed by atoms with Gasteiger partial charge in [-0.05, 0) is 36.1 Å². The minimum absolute atomic E-state index is 0.106. The topological polar surface area (TPSA) is 114 Å². The predicted molar refractivity (Wildman–Crippen MR) is 143 cm³/mol. The molecule has 0 radical (unpaired) electrons. The second kappa shape index (κ2) is 13.8. The molecule has 0 spiro atoms. The van der Waals surface area contributed by atoms with Crippen molar-refractivity contribution in [3.05, 3.63) is 64.7 Å². The molecule has 0 saturated carbocycles. The zero-order valence-corrected chi connectivity index (χ0v) is 23.1. The van der Waals surface area contributed by atoms with E-state index in [2.05, 4.69) is 10.6 Å². The summed E-state index contributed by atoms with van der Waals surface area (Å²) in [6.45, 7) is 3.79. The number of thioether (sulfide) groups is 1. The van der Waals surface area contributed by atoms with E-state index < -0.39 is 58.5 Å². The van der Waals surface area contributed by atoms with E-state index in [1.165, 1.54) is 35.9 Å². The number of methoxy groups -OCH3 is 1. The molecule has 3 unspecified atom stereocenters. The summed E-state index contributed by atoms with van der Waals surface area (Å²) in [5, 5.41) is 4.72. The molecule has 1 fully saturated rings. The van der Waals surface area contributed by atoms with Gasteiger partial charge in [-0.15, -0.1) is 11.8 Å². The van der Waals surface area contributed by atoms with E-state index in [9.17, 15) is 31.9 Å². The van der Waals surface area contributed by atoms with Crippen molar-refractivity contribution in [3.8, 4) is 0 Å². The fourth-order valence-corrected chi connectivity index (χ4v) is 5.38. The van der Waals surface area contributed by atoms with Crippen molar-refractivity contribution in [2.45, 2.75) is 50.7 Å². The third-order valence-corrected chi connectivity index (χ3v) is 7.60. The van der Waals surface area contributed by atoms with Gasteiger partial charge in [-0.2, -0.15) is 0 Å². The highest BCUT2D eigenvalue weighted by molar-refractivity contribution is 8.00. The molecular formula is C27H32F4N4O4S. The number of benzene rings is 2. The fraction of sp³-hybridized carbons (Fsp3) is 0.444. The van der Waals surface area contributed by atoms with Crippen LogP contribution in [0.2, 0.25) is 0 Å². The van der Waals surface area contributed by atoms with Crippen LogP contribution in [0.3, 0.4) is 0 Å². The number of carbonyl (C=O) groups is 3. The summed E-state index contributed by atoms with van der Waals surface area (Å²) in [6, 6.07) is 3.86. The first kappa shape index (κ1) is 31.2. The highest BCUT2D eigenvalue weighted by Crippen LogP contribution is 2.26. The SMILES string of the molecule is COC(=O)C(Nc1ccc(CNC(=O)C2SCCN2C(=O)CC(N)Cc2cc(F)c(F)cc2F)c(F)c1)C(C)C. The molecule has 218 valence electrons. The van der Waals surface area contributed by atoms with Gasteiger partial charge in [0, 0.05) is 48.6 Å². The molecular weight excluding hydrogens is 552 g/mol. The zero-order chi connectivity index (χ0) is 29.6. The number of hydrogen-bond acceptors (Lipinski definition) is 7. The molecule has 2 amide bonds. The molecule has 2 aromatic carbocycles. The van der Waals surface area contributed by atoms with Gasteiger partial charge >= 0.3 is 5.97 Å². The average molecular weight is 585 g/mol. The Morgan fingerprint density at radius 1 is 1.05 bits per heavy atom. The normalized spacial score (nSPS) is 16.5. The van der Waals surface area contributed by atoms with Gasteiger partial charge in [0.05, 0.1) is 7.11 Å². The molecule has 1 aliphatic heterocycles. The van der Waals surface area contributed by atoms with Gasteiger partial charge in [-0.1, -0.05) is 19.9 Å². The molecule has 8 nitrogen and oxygen atoms in total. The number of hydrogen-bond donors (Lipinski definition) is 3. The fourth-order valence-electron chi connectivity index (χ4n) is 4.21. The number of rotatable bonds is 11. The molecule has 13 heteroatoms. The van der Waals surface area contributed by atoms with Gasteiger partial charge < -0.3 is 26.0 Å². The summed E-state index contributed by atoms with van der Waals surface area (Å²) in [5.41, 5.74) is 6.40. The molecule has 0 aromatic heterocycles. The number of nitrogens with zero attached hydrogens (tertiary/aromatic N) is 1. The van der Waals surface area contributed by atoms with E-state index in [1.807, 2.05) is 13.8 Å². The number of nitrogens with two attached hydrogens (primary N) is 1. The van der Waals surface area contributed by atoms with Crippen molar-refractivity contribution < 1.29 is 36.7 Å². The molecule has 0 bridgehead atoms. The molecule has 40 heavy (non-hydrogen) atoms. The van der Waals surface area contributed by atoms with Crippen molar-refractivity contribution in [2.75, 3.05) is 24.7 Å². The van der Waals surface area contributed by atoms with Gasteiger partial charge in [0.1, 0.15) is 17.7 Å². The maximum absolute atomic E-state index is 14.8. The van der Waals surface area contributed by atoms with Crippen LogP contribution in [0.25, 0.3) is 0 Å². The second-order valence-electron chi connectivity index (χ2n) is 9.75. The molecule has 0 aliphatic carbocycles. The predicted octanol–water partition coefficient (Wildman–Crippen LogP) is 3.33. The average Bonchev–Trinajstić information content (AvgIpc) is 3.39. The quantitative estimate of drug-likeness (QED) is 0.211. The molecule has 1 heterocycles. The van der Waals surface area contributed by atoms with E-state index in [0.29, 0.717) is 23.6 Å². The number of carbonyl (C=O) groups excluding carboxylic acids is 3. The van der Waals surface area contributed by atoms with E-state index in [0.717, 1.165) is 0 Å². The van der Waals surface area contributed by atoms with Crippen LogP contribution in [0.4, 0.5) is 23.2 Å². The standard InChI is InChI=1S/C27H32F4N4O4S/c1-14(2)24(27(38)39-3)34-18-5-4-15(19(28)11-18)13-33-25(37)26-35(6-7-40-26)23(36)10-17(32)8-16-9-21(30)22(31)12-20(16)29/h4-5,9,11-12,14,17,24,26,34H,6-8,10,13,32H2,1-3H3,(H,33,37). The Labute approximate surface area is 234 Å². The van der Waals surface area contributed by atoms with Crippen molar-refractivity contribution in [3.63, 3.8) is 0 Å². The van der Waals surface area contributed by atoms with Crippen LogP contribution in [0, 0.1) is 29.2 Å². The lowest BCUT2D eigenvalue weighted by atomic mass is 10.0. The number of ether oxygens (including phenoxy) is 1. The molecule has 2 aromatic rings. The lowest BCUT2D eigenvalue weighted by molar-refractivity contribution is -0.142. The van der Waals surface area contributed by atoms with Crippen LogP contribution < -0.4 is 16.4 Å². The summed E-state index contributed by atoms with van der Waals surface area (Å²) in [6.07, 6.45) is -0.441. The van der Waals surface area contributed by atoms with Crippen LogP contribution >= 0.6 is 11.8 Å². The van der Waals surface area contributed by atoms with E-state index in [-0.39, 0.29) is 43.0 Å². The Morgan fingerprint density at radius 2 is 1.73 bits per heavy atom. The van der Waals surface area contributed by atoms with Gasteiger partial charge in [0.25, 0.3) is 5.91 Å². The van der Waals surface area contributed by atoms with Crippen LogP contribution in [0.1, 0.15) is 31.4 Å². The molecule has 1 aliphatic rings.